The molecule has 23 heavy (non-hydrogen) atoms. The summed E-state index contributed by atoms with van der Waals surface area (Å²) >= 11 is 0. The second-order valence-corrected chi connectivity index (χ2v) is 5.94. The second kappa shape index (κ2) is 5.27. The third-order valence-electron chi connectivity index (χ3n) is 3.86. The zero-order valence-corrected chi connectivity index (χ0v) is 13.0. The number of hydrogen-bond donors (Lipinski definition) is 0. The van der Waals surface area contributed by atoms with Crippen molar-refractivity contribution in [2.24, 2.45) is 0 Å². The van der Waals surface area contributed by atoms with Crippen LogP contribution < -0.4 is 9.47 Å². The molecule has 1 aromatic carbocycles. The molecule has 1 amide bonds. The minimum absolute atomic E-state index is 0.0642. The Morgan fingerprint density at radius 2 is 2.09 bits per heavy atom. The van der Waals surface area contributed by atoms with E-state index in [9.17, 15) is 4.79 Å². The Bertz CT molecular complexity index is 745. The van der Waals surface area contributed by atoms with E-state index < -0.39 is 0 Å². The molecule has 0 saturated heterocycles. The fourth-order valence-corrected chi connectivity index (χ4v) is 2.79. The minimum Gasteiger partial charge on any atom is -0.454 e. The van der Waals surface area contributed by atoms with Crippen molar-refractivity contribution in [3.63, 3.8) is 0 Å². The number of oxazole rings is 1. The molecule has 0 spiro atoms. The van der Waals surface area contributed by atoms with Crippen LogP contribution in [0.4, 0.5) is 0 Å². The standard InChI is InChI=1S/C16H17N3O4/c1-18(2)8-15-17-11-6-19(7-14(11)23-15)16(20)10-3-4-12-13(5-10)22-9-21-12/h3-5H,6-9H2,1-2H3. The van der Waals surface area contributed by atoms with E-state index in [1.54, 1.807) is 23.1 Å². The van der Waals surface area contributed by atoms with Crippen LogP contribution in [-0.2, 0) is 19.6 Å². The highest BCUT2D eigenvalue weighted by Crippen LogP contribution is 2.33. The van der Waals surface area contributed by atoms with Gasteiger partial charge in [-0.3, -0.25) is 4.79 Å². The van der Waals surface area contributed by atoms with Crippen LogP contribution in [0.1, 0.15) is 27.7 Å². The van der Waals surface area contributed by atoms with E-state index in [1.807, 2.05) is 19.0 Å². The maximum absolute atomic E-state index is 12.6. The molecule has 0 saturated carbocycles. The first-order valence-electron chi connectivity index (χ1n) is 7.41. The summed E-state index contributed by atoms with van der Waals surface area (Å²) in [6, 6.07) is 5.23. The summed E-state index contributed by atoms with van der Waals surface area (Å²) in [7, 11) is 3.93. The Kier molecular flexibility index (Phi) is 3.23. The van der Waals surface area contributed by atoms with Gasteiger partial charge in [0.1, 0.15) is 11.5 Å². The smallest absolute Gasteiger partial charge is 0.254 e. The zero-order chi connectivity index (χ0) is 16.0. The van der Waals surface area contributed by atoms with Crippen molar-refractivity contribution < 1.29 is 18.7 Å². The molecule has 7 nitrogen and oxygen atoms in total. The number of aromatic nitrogens is 1. The van der Waals surface area contributed by atoms with E-state index in [2.05, 4.69) is 4.98 Å². The number of carbonyl (C=O) groups excluding carboxylic acids is 1. The number of nitrogens with zero attached hydrogens (tertiary/aromatic N) is 3. The number of carbonyl (C=O) groups is 1. The van der Waals surface area contributed by atoms with Crippen molar-refractivity contribution in [3.05, 3.63) is 41.1 Å². The van der Waals surface area contributed by atoms with E-state index in [0.29, 0.717) is 42.6 Å². The van der Waals surface area contributed by atoms with Crippen molar-refractivity contribution in [2.45, 2.75) is 19.6 Å². The lowest BCUT2D eigenvalue weighted by Gasteiger charge is -2.15. The van der Waals surface area contributed by atoms with E-state index in [1.165, 1.54) is 0 Å². The first kappa shape index (κ1) is 14.1. The number of fused-ring (bicyclic) bond motifs is 2. The maximum Gasteiger partial charge on any atom is 0.254 e. The average Bonchev–Trinajstić information content (AvgIpc) is 3.18. The normalized spacial score (nSPS) is 15.3. The lowest BCUT2D eigenvalue weighted by atomic mass is 10.2. The molecule has 0 unspecified atom stereocenters. The second-order valence-electron chi connectivity index (χ2n) is 5.94. The molecule has 0 bridgehead atoms. The van der Waals surface area contributed by atoms with Gasteiger partial charge in [0, 0.05) is 5.56 Å². The van der Waals surface area contributed by atoms with Gasteiger partial charge in [-0.25, -0.2) is 4.98 Å². The molecule has 2 aromatic rings. The largest absolute Gasteiger partial charge is 0.454 e. The summed E-state index contributed by atoms with van der Waals surface area (Å²) in [5.41, 5.74) is 1.42. The van der Waals surface area contributed by atoms with Crippen LogP contribution in [0.2, 0.25) is 0 Å². The van der Waals surface area contributed by atoms with Gasteiger partial charge in [-0.05, 0) is 32.3 Å². The highest BCUT2D eigenvalue weighted by molar-refractivity contribution is 5.95. The number of amides is 1. The predicted molar refractivity (Wildman–Crippen MR) is 80.0 cm³/mol. The van der Waals surface area contributed by atoms with Gasteiger partial charge in [0.25, 0.3) is 5.91 Å². The highest BCUT2D eigenvalue weighted by atomic mass is 16.7. The highest BCUT2D eigenvalue weighted by Gasteiger charge is 2.30. The Balaban J connectivity index is 1.49. The number of benzene rings is 1. The van der Waals surface area contributed by atoms with Crippen molar-refractivity contribution in [3.8, 4) is 11.5 Å². The molecule has 2 aliphatic rings. The first-order valence-corrected chi connectivity index (χ1v) is 7.41. The molecule has 0 radical (unpaired) electrons. The maximum atomic E-state index is 12.6. The molecule has 2 aliphatic heterocycles. The van der Waals surface area contributed by atoms with Gasteiger partial charge in [-0.15, -0.1) is 0 Å². The summed E-state index contributed by atoms with van der Waals surface area (Å²) in [5.74, 6) is 2.68. The molecular weight excluding hydrogens is 298 g/mol. The van der Waals surface area contributed by atoms with Gasteiger partial charge in [0.15, 0.2) is 11.5 Å². The van der Waals surface area contributed by atoms with Crippen LogP contribution in [0.5, 0.6) is 11.5 Å². The Morgan fingerprint density at radius 3 is 2.87 bits per heavy atom. The molecule has 120 valence electrons. The summed E-state index contributed by atoms with van der Waals surface area (Å²) in [5, 5.41) is 0. The summed E-state index contributed by atoms with van der Waals surface area (Å²) in [4.78, 5) is 20.8. The van der Waals surface area contributed by atoms with Crippen LogP contribution in [0, 0.1) is 0 Å². The van der Waals surface area contributed by atoms with Gasteiger partial charge in [0.2, 0.25) is 12.7 Å². The molecule has 1 aromatic heterocycles. The Morgan fingerprint density at radius 1 is 1.26 bits per heavy atom. The fraction of sp³-hybridized carbons (Fsp3) is 0.375. The van der Waals surface area contributed by atoms with Crippen LogP contribution in [0.25, 0.3) is 0 Å². The lowest BCUT2D eigenvalue weighted by molar-refractivity contribution is 0.0740. The fourth-order valence-electron chi connectivity index (χ4n) is 2.79. The first-order chi connectivity index (χ1) is 11.1. The summed E-state index contributed by atoms with van der Waals surface area (Å²) in [6.07, 6.45) is 0. The Hall–Kier alpha value is -2.54. The zero-order valence-electron chi connectivity index (χ0n) is 13.0. The predicted octanol–water partition coefficient (Wildman–Crippen LogP) is 1.62. The van der Waals surface area contributed by atoms with Gasteiger partial charge < -0.3 is 23.7 Å². The topological polar surface area (TPSA) is 68.0 Å². The molecule has 7 heteroatoms. The summed E-state index contributed by atoms with van der Waals surface area (Å²) in [6.45, 7) is 1.77. The van der Waals surface area contributed by atoms with Crippen molar-refractivity contribution in [2.75, 3.05) is 20.9 Å². The molecule has 4 rings (SSSR count). The van der Waals surface area contributed by atoms with Crippen LogP contribution in [0.15, 0.2) is 22.6 Å². The van der Waals surface area contributed by atoms with Gasteiger partial charge in [-0.1, -0.05) is 0 Å². The molecular formula is C16H17N3O4. The third kappa shape index (κ3) is 2.53. The lowest BCUT2D eigenvalue weighted by Crippen LogP contribution is -2.25. The summed E-state index contributed by atoms with van der Waals surface area (Å²) < 4.78 is 16.3. The quantitative estimate of drug-likeness (QED) is 0.857. The van der Waals surface area contributed by atoms with Crippen LogP contribution in [-0.4, -0.2) is 41.6 Å². The number of hydrogen-bond acceptors (Lipinski definition) is 6. The van der Waals surface area contributed by atoms with E-state index in [4.69, 9.17) is 13.9 Å². The number of ether oxygens (including phenoxy) is 2. The Labute approximate surface area is 133 Å². The molecule has 0 atom stereocenters. The minimum atomic E-state index is -0.0642. The van der Waals surface area contributed by atoms with Gasteiger partial charge in [-0.2, -0.15) is 0 Å². The van der Waals surface area contributed by atoms with Gasteiger partial charge >= 0.3 is 0 Å². The van der Waals surface area contributed by atoms with E-state index in [-0.39, 0.29) is 12.7 Å². The van der Waals surface area contributed by atoms with Gasteiger partial charge in [0.05, 0.1) is 19.6 Å². The average molecular weight is 315 g/mol. The van der Waals surface area contributed by atoms with Crippen molar-refractivity contribution >= 4 is 5.91 Å². The molecule has 0 aliphatic carbocycles. The van der Waals surface area contributed by atoms with E-state index >= 15 is 0 Å². The van der Waals surface area contributed by atoms with Crippen molar-refractivity contribution in [1.82, 2.24) is 14.8 Å². The SMILES string of the molecule is CN(C)Cc1nc2c(o1)CN(C(=O)c1ccc3c(c1)OCO3)C2. The van der Waals surface area contributed by atoms with Crippen molar-refractivity contribution in [1.29, 1.82) is 0 Å². The molecule has 3 heterocycles. The molecule has 0 fully saturated rings. The van der Waals surface area contributed by atoms with Crippen LogP contribution in [0.3, 0.4) is 0 Å². The number of rotatable bonds is 3. The molecule has 0 N–H and O–H groups in total. The third-order valence-corrected chi connectivity index (χ3v) is 3.86. The monoisotopic (exact) mass is 315 g/mol. The van der Waals surface area contributed by atoms with E-state index in [0.717, 1.165) is 11.5 Å². The van der Waals surface area contributed by atoms with Crippen LogP contribution >= 0.6 is 0 Å².